The molecule has 0 radical (unpaired) electrons. The SMILES string of the molecule is COc1ccc(OCCNCc2cncc(-c3ccccc3)c2)cc1. The van der Waals surface area contributed by atoms with Crippen LogP contribution < -0.4 is 14.8 Å². The molecule has 1 aromatic heterocycles. The summed E-state index contributed by atoms with van der Waals surface area (Å²) in [5, 5.41) is 3.38. The zero-order valence-corrected chi connectivity index (χ0v) is 14.3. The molecular formula is C21H22N2O2. The number of hydrogen-bond donors (Lipinski definition) is 1. The maximum absolute atomic E-state index is 5.70. The van der Waals surface area contributed by atoms with Crippen molar-refractivity contribution in [3.8, 4) is 22.6 Å². The number of hydrogen-bond acceptors (Lipinski definition) is 4. The topological polar surface area (TPSA) is 43.4 Å². The van der Waals surface area contributed by atoms with Crippen LogP contribution in [0, 0.1) is 0 Å². The third-order valence-corrected chi connectivity index (χ3v) is 3.84. The minimum absolute atomic E-state index is 0.609. The first-order chi connectivity index (χ1) is 12.3. The fourth-order valence-corrected chi connectivity index (χ4v) is 2.52. The molecule has 2 aromatic carbocycles. The minimum Gasteiger partial charge on any atom is -0.497 e. The summed E-state index contributed by atoms with van der Waals surface area (Å²) in [4.78, 5) is 4.34. The highest BCUT2D eigenvalue weighted by molar-refractivity contribution is 5.62. The van der Waals surface area contributed by atoms with Crippen molar-refractivity contribution in [1.29, 1.82) is 0 Å². The lowest BCUT2D eigenvalue weighted by Gasteiger charge is -2.09. The lowest BCUT2D eigenvalue weighted by atomic mass is 10.1. The van der Waals surface area contributed by atoms with Crippen molar-refractivity contribution < 1.29 is 9.47 Å². The summed E-state index contributed by atoms with van der Waals surface area (Å²) in [7, 11) is 1.65. The molecule has 0 atom stereocenters. The standard InChI is InChI=1S/C21H22N2O2/c1-24-20-7-9-21(10-8-20)25-12-11-22-14-17-13-19(16-23-15-17)18-5-3-2-4-6-18/h2-10,13,15-16,22H,11-12,14H2,1H3. The first-order valence-corrected chi connectivity index (χ1v) is 8.32. The fraction of sp³-hybridized carbons (Fsp3) is 0.190. The van der Waals surface area contributed by atoms with Gasteiger partial charge in [-0.3, -0.25) is 4.98 Å². The number of pyridine rings is 1. The van der Waals surface area contributed by atoms with E-state index in [9.17, 15) is 0 Å². The van der Waals surface area contributed by atoms with Gasteiger partial charge in [0.15, 0.2) is 0 Å². The van der Waals surface area contributed by atoms with Crippen LogP contribution in [0.5, 0.6) is 11.5 Å². The van der Waals surface area contributed by atoms with Gasteiger partial charge in [0.2, 0.25) is 0 Å². The average molecular weight is 334 g/mol. The molecule has 25 heavy (non-hydrogen) atoms. The number of ether oxygens (including phenoxy) is 2. The Balaban J connectivity index is 1.44. The van der Waals surface area contributed by atoms with Crippen molar-refractivity contribution in [3.63, 3.8) is 0 Å². The summed E-state index contributed by atoms with van der Waals surface area (Å²) in [6.45, 7) is 2.14. The lowest BCUT2D eigenvalue weighted by Crippen LogP contribution is -2.20. The van der Waals surface area contributed by atoms with Crippen LogP contribution in [0.25, 0.3) is 11.1 Å². The Kier molecular flexibility index (Phi) is 6.01. The van der Waals surface area contributed by atoms with Crippen molar-refractivity contribution in [3.05, 3.63) is 78.6 Å². The summed E-state index contributed by atoms with van der Waals surface area (Å²) >= 11 is 0. The molecule has 0 unspecified atom stereocenters. The van der Waals surface area contributed by atoms with E-state index in [1.165, 1.54) is 5.56 Å². The van der Waals surface area contributed by atoms with Crippen molar-refractivity contribution in [1.82, 2.24) is 10.3 Å². The molecule has 0 bridgehead atoms. The molecule has 0 fully saturated rings. The third-order valence-electron chi connectivity index (χ3n) is 3.84. The predicted octanol–water partition coefficient (Wildman–Crippen LogP) is 3.93. The van der Waals surface area contributed by atoms with E-state index in [2.05, 4.69) is 28.5 Å². The van der Waals surface area contributed by atoms with Crippen molar-refractivity contribution >= 4 is 0 Å². The maximum atomic E-state index is 5.70. The van der Waals surface area contributed by atoms with E-state index in [0.717, 1.165) is 35.7 Å². The fourth-order valence-electron chi connectivity index (χ4n) is 2.52. The van der Waals surface area contributed by atoms with E-state index in [1.54, 1.807) is 7.11 Å². The highest BCUT2D eigenvalue weighted by atomic mass is 16.5. The molecule has 4 heteroatoms. The molecule has 0 amide bonds. The number of nitrogens with one attached hydrogen (secondary N) is 1. The van der Waals surface area contributed by atoms with Crippen LogP contribution in [0.15, 0.2) is 73.1 Å². The van der Waals surface area contributed by atoms with E-state index in [1.807, 2.05) is 54.9 Å². The number of benzene rings is 2. The second-order valence-corrected chi connectivity index (χ2v) is 5.65. The van der Waals surface area contributed by atoms with Crippen LogP contribution in [0.1, 0.15) is 5.56 Å². The van der Waals surface area contributed by atoms with E-state index < -0.39 is 0 Å². The smallest absolute Gasteiger partial charge is 0.119 e. The molecule has 4 nitrogen and oxygen atoms in total. The Morgan fingerprint density at radius 3 is 2.40 bits per heavy atom. The molecule has 0 aliphatic heterocycles. The first kappa shape index (κ1) is 17.0. The van der Waals surface area contributed by atoms with Crippen LogP contribution in [-0.2, 0) is 6.54 Å². The zero-order valence-electron chi connectivity index (χ0n) is 14.3. The second-order valence-electron chi connectivity index (χ2n) is 5.65. The normalized spacial score (nSPS) is 10.4. The molecular weight excluding hydrogens is 312 g/mol. The third kappa shape index (κ3) is 5.06. The Morgan fingerprint density at radius 1 is 0.880 bits per heavy atom. The summed E-state index contributed by atoms with van der Waals surface area (Å²) in [5.41, 5.74) is 3.47. The Bertz CT molecular complexity index is 773. The molecule has 1 N–H and O–H groups in total. The van der Waals surface area contributed by atoms with Gasteiger partial charge in [-0.05, 0) is 41.5 Å². The van der Waals surface area contributed by atoms with E-state index in [4.69, 9.17) is 9.47 Å². The van der Waals surface area contributed by atoms with Crippen LogP contribution in [0.2, 0.25) is 0 Å². The molecule has 0 saturated carbocycles. The van der Waals surface area contributed by atoms with Gasteiger partial charge >= 0.3 is 0 Å². The summed E-state index contributed by atoms with van der Waals surface area (Å²) in [6, 6.07) is 20.1. The number of aromatic nitrogens is 1. The van der Waals surface area contributed by atoms with Crippen molar-refractivity contribution in [2.75, 3.05) is 20.3 Å². The van der Waals surface area contributed by atoms with Gasteiger partial charge in [0.25, 0.3) is 0 Å². The van der Waals surface area contributed by atoms with Gasteiger partial charge in [-0.2, -0.15) is 0 Å². The van der Waals surface area contributed by atoms with Crippen molar-refractivity contribution in [2.24, 2.45) is 0 Å². The average Bonchev–Trinajstić information content (AvgIpc) is 2.69. The van der Waals surface area contributed by atoms with Crippen LogP contribution in [0.4, 0.5) is 0 Å². The molecule has 0 spiro atoms. The van der Waals surface area contributed by atoms with E-state index in [-0.39, 0.29) is 0 Å². The van der Waals surface area contributed by atoms with Gasteiger partial charge in [0.05, 0.1) is 7.11 Å². The van der Waals surface area contributed by atoms with Gasteiger partial charge < -0.3 is 14.8 Å². The number of rotatable bonds is 8. The predicted molar refractivity (Wildman–Crippen MR) is 99.9 cm³/mol. The van der Waals surface area contributed by atoms with Gasteiger partial charge in [-0.15, -0.1) is 0 Å². The van der Waals surface area contributed by atoms with Gasteiger partial charge in [-0.1, -0.05) is 30.3 Å². The minimum atomic E-state index is 0.609. The largest absolute Gasteiger partial charge is 0.497 e. The molecule has 1 heterocycles. The Labute approximate surface area is 148 Å². The first-order valence-electron chi connectivity index (χ1n) is 8.32. The van der Waals surface area contributed by atoms with Crippen LogP contribution in [-0.4, -0.2) is 25.2 Å². The molecule has 0 aliphatic carbocycles. The Morgan fingerprint density at radius 2 is 1.64 bits per heavy atom. The molecule has 3 rings (SSSR count). The highest BCUT2D eigenvalue weighted by Crippen LogP contribution is 2.19. The monoisotopic (exact) mass is 334 g/mol. The Hall–Kier alpha value is -2.85. The lowest BCUT2D eigenvalue weighted by molar-refractivity contribution is 0.313. The zero-order chi connectivity index (χ0) is 17.3. The van der Waals surface area contributed by atoms with Crippen molar-refractivity contribution in [2.45, 2.75) is 6.54 Å². The van der Waals surface area contributed by atoms with Gasteiger partial charge in [-0.25, -0.2) is 0 Å². The van der Waals surface area contributed by atoms with E-state index in [0.29, 0.717) is 6.61 Å². The van der Waals surface area contributed by atoms with Crippen LogP contribution in [0.3, 0.4) is 0 Å². The summed E-state index contributed by atoms with van der Waals surface area (Å²) in [5.74, 6) is 1.67. The van der Waals surface area contributed by atoms with Crippen LogP contribution >= 0.6 is 0 Å². The van der Waals surface area contributed by atoms with E-state index >= 15 is 0 Å². The highest BCUT2D eigenvalue weighted by Gasteiger charge is 2.00. The number of nitrogens with zero attached hydrogens (tertiary/aromatic N) is 1. The maximum Gasteiger partial charge on any atom is 0.119 e. The molecule has 3 aromatic rings. The van der Waals surface area contributed by atoms with Gasteiger partial charge in [0, 0.05) is 31.0 Å². The second kappa shape index (κ2) is 8.85. The summed E-state index contributed by atoms with van der Waals surface area (Å²) in [6.07, 6.45) is 3.79. The molecule has 0 saturated heterocycles. The molecule has 128 valence electrons. The summed E-state index contributed by atoms with van der Waals surface area (Å²) < 4.78 is 10.8. The quantitative estimate of drug-likeness (QED) is 0.634. The number of methoxy groups -OCH3 is 1. The molecule has 0 aliphatic rings. The van der Waals surface area contributed by atoms with Gasteiger partial charge in [0.1, 0.15) is 18.1 Å².